The van der Waals surface area contributed by atoms with E-state index in [9.17, 15) is 0 Å². The molecule has 1 aromatic heterocycles. The average molecular weight is 191 g/mol. The molecule has 0 bridgehead atoms. The zero-order valence-corrected chi connectivity index (χ0v) is 8.60. The molecular weight excluding hydrogens is 178 g/mol. The van der Waals surface area contributed by atoms with Crippen LogP contribution in [0.2, 0.25) is 0 Å². The predicted octanol–water partition coefficient (Wildman–Crippen LogP) is 2.36. The van der Waals surface area contributed by atoms with Crippen LogP contribution in [0, 0.1) is 13.8 Å². The normalized spacial score (nSPS) is 10.5. The minimum Gasteiger partial charge on any atom is -0.272 e. The number of azide groups is 1. The molecule has 1 rings (SSSR count). The van der Waals surface area contributed by atoms with Crippen molar-refractivity contribution >= 4 is 6.08 Å². The van der Waals surface area contributed by atoms with E-state index in [4.69, 9.17) is 5.53 Å². The first-order valence-electron chi connectivity index (χ1n) is 4.34. The highest BCUT2D eigenvalue weighted by Crippen LogP contribution is 2.13. The fourth-order valence-electron chi connectivity index (χ4n) is 1.29. The van der Waals surface area contributed by atoms with E-state index in [-0.39, 0.29) is 0 Å². The number of hydrogen-bond acceptors (Lipinski definition) is 2. The lowest BCUT2D eigenvalue weighted by atomic mass is 10.2. The molecule has 0 N–H and O–H groups in total. The minimum absolute atomic E-state index is 0.379. The smallest absolute Gasteiger partial charge is 0.0668 e. The molecule has 0 atom stereocenters. The summed E-state index contributed by atoms with van der Waals surface area (Å²) in [6.07, 6.45) is 3.77. The highest BCUT2D eigenvalue weighted by Gasteiger charge is 2.04. The second-order valence-electron chi connectivity index (χ2n) is 3.02. The first kappa shape index (κ1) is 10.3. The molecule has 0 saturated heterocycles. The third-order valence-electron chi connectivity index (χ3n) is 2.10. The molecule has 0 aliphatic heterocycles. The summed E-state index contributed by atoms with van der Waals surface area (Å²) in [5.74, 6) is 0. The first-order chi connectivity index (χ1) is 6.66. The van der Waals surface area contributed by atoms with Crippen LogP contribution in [-0.2, 0) is 7.05 Å². The van der Waals surface area contributed by atoms with Gasteiger partial charge >= 0.3 is 0 Å². The number of aromatic nitrogens is 2. The maximum Gasteiger partial charge on any atom is 0.0668 e. The van der Waals surface area contributed by atoms with Crippen LogP contribution in [0.1, 0.15) is 17.0 Å². The zero-order chi connectivity index (χ0) is 10.6. The molecule has 1 aromatic rings. The van der Waals surface area contributed by atoms with Crippen molar-refractivity contribution in [2.75, 3.05) is 6.54 Å². The van der Waals surface area contributed by atoms with Gasteiger partial charge in [-0.3, -0.25) is 4.68 Å². The summed E-state index contributed by atoms with van der Waals surface area (Å²) in [5, 5.41) is 7.69. The molecule has 0 aliphatic carbocycles. The molecule has 0 aliphatic rings. The number of hydrogen-bond donors (Lipinski definition) is 0. The monoisotopic (exact) mass is 191 g/mol. The quantitative estimate of drug-likeness (QED) is 0.411. The summed E-state index contributed by atoms with van der Waals surface area (Å²) in [6.45, 7) is 4.34. The SMILES string of the molecule is Cc1nn(C)c(C)c1C=CCN=[N+]=[N-]. The van der Waals surface area contributed by atoms with Gasteiger partial charge in [0, 0.05) is 29.8 Å². The van der Waals surface area contributed by atoms with Crippen LogP contribution in [0.3, 0.4) is 0 Å². The molecule has 0 unspecified atom stereocenters. The molecule has 74 valence electrons. The van der Waals surface area contributed by atoms with E-state index in [0.29, 0.717) is 6.54 Å². The summed E-state index contributed by atoms with van der Waals surface area (Å²) in [4.78, 5) is 2.67. The van der Waals surface area contributed by atoms with Crippen LogP contribution in [-0.4, -0.2) is 16.3 Å². The fraction of sp³-hybridized carbons (Fsp3) is 0.444. The van der Waals surface area contributed by atoms with Gasteiger partial charge in [-0.05, 0) is 19.4 Å². The summed E-state index contributed by atoms with van der Waals surface area (Å²) in [5.41, 5.74) is 11.3. The lowest BCUT2D eigenvalue weighted by Gasteiger charge is -1.93. The Kier molecular flexibility index (Phi) is 3.31. The van der Waals surface area contributed by atoms with Gasteiger partial charge in [0.05, 0.1) is 5.69 Å². The van der Waals surface area contributed by atoms with Gasteiger partial charge in [-0.1, -0.05) is 17.3 Å². The van der Waals surface area contributed by atoms with Crippen LogP contribution < -0.4 is 0 Å². The van der Waals surface area contributed by atoms with Crippen molar-refractivity contribution in [3.63, 3.8) is 0 Å². The second-order valence-corrected chi connectivity index (χ2v) is 3.02. The molecule has 1 heterocycles. The van der Waals surface area contributed by atoms with E-state index in [0.717, 1.165) is 17.0 Å². The number of aryl methyl sites for hydroxylation is 2. The van der Waals surface area contributed by atoms with E-state index in [1.165, 1.54) is 0 Å². The van der Waals surface area contributed by atoms with Crippen molar-refractivity contribution in [1.82, 2.24) is 9.78 Å². The van der Waals surface area contributed by atoms with Crippen LogP contribution in [0.4, 0.5) is 0 Å². The molecule has 14 heavy (non-hydrogen) atoms. The van der Waals surface area contributed by atoms with Gasteiger partial charge in [-0.25, -0.2) is 0 Å². The lowest BCUT2D eigenvalue weighted by Crippen LogP contribution is -1.92. The van der Waals surface area contributed by atoms with E-state index in [1.54, 1.807) is 0 Å². The van der Waals surface area contributed by atoms with E-state index >= 15 is 0 Å². The van der Waals surface area contributed by atoms with Crippen molar-refractivity contribution < 1.29 is 0 Å². The minimum atomic E-state index is 0.379. The molecule has 0 spiro atoms. The average Bonchev–Trinajstić information content (AvgIpc) is 2.38. The van der Waals surface area contributed by atoms with Crippen molar-refractivity contribution in [2.45, 2.75) is 13.8 Å². The number of nitrogens with zero attached hydrogens (tertiary/aromatic N) is 5. The third kappa shape index (κ3) is 2.14. The van der Waals surface area contributed by atoms with Gasteiger partial charge in [-0.15, -0.1) is 0 Å². The van der Waals surface area contributed by atoms with Gasteiger partial charge < -0.3 is 0 Å². The highest BCUT2D eigenvalue weighted by molar-refractivity contribution is 5.54. The Morgan fingerprint density at radius 2 is 2.29 bits per heavy atom. The molecule has 0 radical (unpaired) electrons. The zero-order valence-electron chi connectivity index (χ0n) is 8.60. The molecule has 0 aromatic carbocycles. The fourth-order valence-corrected chi connectivity index (χ4v) is 1.29. The summed E-state index contributed by atoms with van der Waals surface area (Å²) in [6, 6.07) is 0. The van der Waals surface area contributed by atoms with E-state index < -0.39 is 0 Å². The summed E-state index contributed by atoms with van der Waals surface area (Å²) >= 11 is 0. The highest BCUT2D eigenvalue weighted by atomic mass is 15.3. The molecule has 5 nitrogen and oxygen atoms in total. The van der Waals surface area contributed by atoms with Gasteiger partial charge in [0.25, 0.3) is 0 Å². The summed E-state index contributed by atoms with van der Waals surface area (Å²) in [7, 11) is 1.91. The van der Waals surface area contributed by atoms with Crippen LogP contribution in [0.25, 0.3) is 16.5 Å². The van der Waals surface area contributed by atoms with Gasteiger partial charge in [0.15, 0.2) is 0 Å². The topological polar surface area (TPSA) is 66.6 Å². The lowest BCUT2D eigenvalue weighted by molar-refractivity contribution is 0.731. The molecule has 0 saturated carbocycles. The van der Waals surface area contributed by atoms with Gasteiger partial charge in [0.2, 0.25) is 0 Å². The van der Waals surface area contributed by atoms with Crippen LogP contribution >= 0.6 is 0 Å². The standard InChI is InChI=1S/C9H13N5/c1-7-9(5-4-6-11-13-10)8(2)14(3)12-7/h4-5H,6H2,1-3H3. The maximum absolute atomic E-state index is 8.08. The van der Waals surface area contributed by atoms with E-state index in [1.807, 2.05) is 37.7 Å². The van der Waals surface area contributed by atoms with Gasteiger partial charge in [0.1, 0.15) is 0 Å². The van der Waals surface area contributed by atoms with Crippen LogP contribution in [0.15, 0.2) is 11.2 Å². The Morgan fingerprint density at radius 3 is 2.79 bits per heavy atom. The third-order valence-corrected chi connectivity index (χ3v) is 2.10. The Bertz CT molecular complexity index is 396. The van der Waals surface area contributed by atoms with Crippen molar-refractivity contribution in [3.05, 3.63) is 33.5 Å². The predicted molar refractivity (Wildman–Crippen MR) is 55.7 cm³/mol. The Morgan fingerprint density at radius 1 is 1.57 bits per heavy atom. The van der Waals surface area contributed by atoms with Crippen molar-refractivity contribution in [2.24, 2.45) is 12.2 Å². The first-order valence-corrected chi connectivity index (χ1v) is 4.34. The second kappa shape index (κ2) is 4.48. The Labute approximate surface area is 82.7 Å². The van der Waals surface area contributed by atoms with Crippen LogP contribution in [0.5, 0.6) is 0 Å². The molecule has 0 amide bonds. The van der Waals surface area contributed by atoms with Gasteiger partial charge in [-0.2, -0.15) is 5.10 Å². The molecule has 5 heteroatoms. The summed E-state index contributed by atoms with van der Waals surface area (Å²) < 4.78 is 1.84. The Balaban J connectivity index is 2.85. The van der Waals surface area contributed by atoms with Crippen molar-refractivity contribution in [3.8, 4) is 0 Å². The molecular formula is C9H13N5. The maximum atomic E-state index is 8.08. The molecule has 0 fully saturated rings. The Hall–Kier alpha value is -1.74. The largest absolute Gasteiger partial charge is 0.272 e. The number of rotatable bonds is 3. The van der Waals surface area contributed by atoms with E-state index in [2.05, 4.69) is 15.1 Å². The van der Waals surface area contributed by atoms with Crippen molar-refractivity contribution in [1.29, 1.82) is 0 Å².